The van der Waals surface area contributed by atoms with Crippen LogP contribution in [0.1, 0.15) is 69.9 Å². The molecule has 1 saturated heterocycles. The van der Waals surface area contributed by atoms with Gasteiger partial charge in [0.15, 0.2) is 0 Å². The van der Waals surface area contributed by atoms with Crippen molar-refractivity contribution in [1.29, 1.82) is 0 Å². The topological polar surface area (TPSA) is 23.6 Å². The molecule has 1 aromatic carbocycles. The van der Waals surface area contributed by atoms with Crippen LogP contribution in [0.25, 0.3) is 0 Å². The second kappa shape index (κ2) is 10.6. The van der Waals surface area contributed by atoms with Crippen LogP contribution in [0.5, 0.6) is 0 Å². The monoisotopic (exact) mass is 420 g/mol. The van der Waals surface area contributed by atoms with Crippen LogP contribution >= 0.6 is 0 Å². The molecule has 0 spiro atoms. The molecule has 31 heavy (non-hydrogen) atoms. The second-order valence-corrected chi connectivity index (χ2v) is 9.76. The van der Waals surface area contributed by atoms with Gasteiger partial charge in [0.25, 0.3) is 0 Å². The lowest BCUT2D eigenvalue weighted by Crippen LogP contribution is -2.43. The van der Waals surface area contributed by atoms with Gasteiger partial charge in [0.2, 0.25) is 5.91 Å². The Kier molecular flexibility index (Phi) is 7.66. The number of benzene rings is 1. The number of hydrogen-bond acceptors (Lipinski definition) is 2. The van der Waals surface area contributed by atoms with E-state index in [1.165, 1.54) is 61.8 Å². The van der Waals surface area contributed by atoms with Crippen LogP contribution in [0.2, 0.25) is 0 Å². The summed E-state index contributed by atoms with van der Waals surface area (Å²) in [6.45, 7) is 9.56. The van der Waals surface area contributed by atoms with Gasteiger partial charge in [-0.05, 0) is 93.9 Å². The molecule has 1 aliphatic heterocycles. The molecule has 0 saturated carbocycles. The summed E-state index contributed by atoms with van der Waals surface area (Å²) in [6.07, 6.45) is 12.8. The average Bonchev–Trinajstić information content (AvgIpc) is 3.25. The van der Waals surface area contributed by atoms with E-state index in [0.29, 0.717) is 11.8 Å². The van der Waals surface area contributed by atoms with Crippen LogP contribution in [0, 0.1) is 5.92 Å². The zero-order valence-electron chi connectivity index (χ0n) is 19.7. The quantitative estimate of drug-likeness (QED) is 0.550. The highest BCUT2D eigenvalue weighted by Gasteiger charge is 2.28. The molecule has 2 aliphatic carbocycles. The van der Waals surface area contributed by atoms with Gasteiger partial charge < -0.3 is 9.80 Å². The van der Waals surface area contributed by atoms with Gasteiger partial charge in [0.1, 0.15) is 0 Å². The minimum atomic E-state index is 0.297. The molecule has 1 heterocycles. The Morgan fingerprint density at radius 2 is 1.97 bits per heavy atom. The number of hydrogen-bond donors (Lipinski definition) is 0. The maximum atomic E-state index is 13.3. The summed E-state index contributed by atoms with van der Waals surface area (Å²) in [7, 11) is 0. The summed E-state index contributed by atoms with van der Waals surface area (Å²) < 4.78 is 0. The molecular formula is C28H40N2O. The summed E-state index contributed by atoms with van der Waals surface area (Å²) in [5, 5.41) is 0. The first-order valence-electron chi connectivity index (χ1n) is 12.7. The van der Waals surface area contributed by atoms with Gasteiger partial charge in [-0.1, -0.05) is 42.8 Å². The lowest BCUT2D eigenvalue weighted by atomic mass is 9.93. The van der Waals surface area contributed by atoms with E-state index in [2.05, 4.69) is 54.0 Å². The van der Waals surface area contributed by atoms with Gasteiger partial charge in [-0.3, -0.25) is 4.79 Å². The summed E-state index contributed by atoms with van der Waals surface area (Å²) in [5.41, 5.74) is 6.96. The number of piperidine rings is 1. The number of amides is 1. The first-order chi connectivity index (χ1) is 15.2. The van der Waals surface area contributed by atoms with Crippen LogP contribution in [-0.2, 0) is 17.6 Å². The van der Waals surface area contributed by atoms with Crippen molar-refractivity contribution in [2.75, 3.05) is 32.7 Å². The highest BCUT2D eigenvalue weighted by atomic mass is 16.2. The molecule has 0 N–H and O–H groups in total. The van der Waals surface area contributed by atoms with E-state index >= 15 is 0 Å². The summed E-state index contributed by atoms with van der Waals surface area (Å²) in [5.74, 6) is 0.898. The standard InChI is InChI=1S/C28H40N2O/c1-3-22-9-7-10-23(17-22)14-16-29-15-8-11-24(20-29)21-30(4-2)28(31)27-18-25-12-5-6-13-26(25)19-27/h7,9-10,17-18,24H,3-6,8,11-16,19-21H2,1-2H3. The van der Waals surface area contributed by atoms with Gasteiger partial charge in [-0.15, -0.1) is 0 Å². The number of likely N-dealkylation sites (N-methyl/N-ethyl adjacent to an activating group) is 1. The van der Waals surface area contributed by atoms with Crippen LogP contribution in [0.3, 0.4) is 0 Å². The molecule has 168 valence electrons. The Morgan fingerprint density at radius 3 is 2.77 bits per heavy atom. The molecule has 1 fully saturated rings. The van der Waals surface area contributed by atoms with E-state index in [-0.39, 0.29) is 0 Å². The molecule has 1 atom stereocenters. The van der Waals surface area contributed by atoms with Gasteiger partial charge in [0.05, 0.1) is 0 Å². The van der Waals surface area contributed by atoms with Crippen molar-refractivity contribution < 1.29 is 4.79 Å². The fraction of sp³-hybridized carbons (Fsp3) is 0.607. The Morgan fingerprint density at radius 1 is 1.13 bits per heavy atom. The normalized spacial score (nSPS) is 21.7. The number of allylic oxidation sites excluding steroid dienone is 3. The van der Waals surface area contributed by atoms with Crippen molar-refractivity contribution in [3.63, 3.8) is 0 Å². The Balaban J connectivity index is 1.29. The zero-order valence-corrected chi connectivity index (χ0v) is 19.7. The molecule has 3 nitrogen and oxygen atoms in total. The maximum Gasteiger partial charge on any atom is 0.250 e. The Labute approximate surface area is 189 Å². The number of carbonyl (C=O) groups excluding carboxylic acids is 1. The Hall–Kier alpha value is -1.87. The number of carbonyl (C=O) groups is 1. The second-order valence-electron chi connectivity index (χ2n) is 9.76. The minimum absolute atomic E-state index is 0.297. The van der Waals surface area contributed by atoms with Crippen molar-refractivity contribution in [2.45, 2.75) is 71.6 Å². The lowest BCUT2D eigenvalue weighted by molar-refractivity contribution is -0.127. The zero-order chi connectivity index (χ0) is 21.6. The molecule has 3 heteroatoms. The van der Waals surface area contributed by atoms with Crippen molar-refractivity contribution in [2.24, 2.45) is 5.92 Å². The SMILES string of the molecule is CCc1cccc(CCN2CCCC(CN(CC)C(=O)C3=CC4=C(CCCC4)C3)C2)c1. The van der Waals surface area contributed by atoms with Crippen molar-refractivity contribution in [1.82, 2.24) is 9.80 Å². The van der Waals surface area contributed by atoms with E-state index in [4.69, 9.17) is 0 Å². The number of nitrogens with zero attached hydrogens (tertiary/aromatic N) is 2. The lowest BCUT2D eigenvalue weighted by Gasteiger charge is -2.35. The van der Waals surface area contributed by atoms with Gasteiger partial charge in [-0.2, -0.15) is 0 Å². The molecule has 1 unspecified atom stereocenters. The minimum Gasteiger partial charge on any atom is -0.339 e. The highest BCUT2D eigenvalue weighted by molar-refractivity contribution is 5.95. The molecule has 4 rings (SSSR count). The molecule has 0 radical (unpaired) electrons. The number of aryl methyl sites for hydroxylation is 1. The van der Waals surface area contributed by atoms with Gasteiger partial charge >= 0.3 is 0 Å². The fourth-order valence-corrected chi connectivity index (χ4v) is 5.66. The van der Waals surface area contributed by atoms with Gasteiger partial charge in [0, 0.05) is 31.8 Å². The van der Waals surface area contributed by atoms with Crippen molar-refractivity contribution in [3.05, 3.63) is 58.2 Å². The van der Waals surface area contributed by atoms with E-state index < -0.39 is 0 Å². The predicted molar refractivity (Wildman–Crippen MR) is 129 cm³/mol. The molecule has 0 bridgehead atoms. The van der Waals surface area contributed by atoms with Crippen molar-refractivity contribution in [3.8, 4) is 0 Å². The molecular weight excluding hydrogens is 380 g/mol. The maximum absolute atomic E-state index is 13.3. The number of rotatable bonds is 8. The molecule has 3 aliphatic rings. The first kappa shape index (κ1) is 22.3. The Bertz CT molecular complexity index is 837. The molecule has 1 aromatic rings. The molecule has 1 amide bonds. The van der Waals surface area contributed by atoms with E-state index in [1.807, 2.05) is 0 Å². The third-order valence-corrected chi connectivity index (χ3v) is 7.52. The van der Waals surface area contributed by atoms with Gasteiger partial charge in [-0.25, -0.2) is 0 Å². The predicted octanol–water partition coefficient (Wildman–Crippen LogP) is 5.55. The number of likely N-dealkylation sites (tertiary alicyclic amines) is 1. The summed E-state index contributed by atoms with van der Waals surface area (Å²) in [6, 6.07) is 9.05. The van der Waals surface area contributed by atoms with E-state index in [0.717, 1.165) is 51.0 Å². The fourth-order valence-electron chi connectivity index (χ4n) is 5.66. The smallest absolute Gasteiger partial charge is 0.250 e. The van der Waals surface area contributed by atoms with Crippen molar-refractivity contribution >= 4 is 5.91 Å². The average molecular weight is 421 g/mol. The van der Waals surface area contributed by atoms with Crippen LogP contribution in [-0.4, -0.2) is 48.4 Å². The molecule has 0 aromatic heterocycles. The summed E-state index contributed by atoms with van der Waals surface area (Å²) >= 11 is 0. The third-order valence-electron chi connectivity index (χ3n) is 7.52. The van der Waals surface area contributed by atoms with Crippen LogP contribution in [0.4, 0.5) is 0 Å². The van der Waals surface area contributed by atoms with Crippen LogP contribution < -0.4 is 0 Å². The third kappa shape index (κ3) is 5.68. The highest BCUT2D eigenvalue weighted by Crippen LogP contribution is 2.36. The van der Waals surface area contributed by atoms with Crippen LogP contribution in [0.15, 0.2) is 47.1 Å². The largest absolute Gasteiger partial charge is 0.339 e. The van der Waals surface area contributed by atoms with E-state index in [9.17, 15) is 4.79 Å². The summed E-state index contributed by atoms with van der Waals surface area (Å²) in [4.78, 5) is 18.0. The first-order valence-corrected chi connectivity index (χ1v) is 12.7. The van der Waals surface area contributed by atoms with E-state index in [1.54, 1.807) is 5.57 Å².